The van der Waals surface area contributed by atoms with Gasteiger partial charge in [0.1, 0.15) is 0 Å². The number of rotatable bonds is 3. The van der Waals surface area contributed by atoms with Gasteiger partial charge in [-0.2, -0.15) is 5.10 Å². The number of benzene rings is 1. The van der Waals surface area contributed by atoms with Crippen LogP contribution in [0.5, 0.6) is 11.5 Å². The fourth-order valence-corrected chi connectivity index (χ4v) is 2.55. The van der Waals surface area contributed by atoms with Crippen molar-refractivity contribution in [1.29, 1.82) is 0 Å². The first-order valence-corrected chi connectivity index (χ1v) is 6.78. The number of aryl methyl sites for hydroxylation is 2. The fraction of sp³-hybridized carbons (Fsp3) is 0.333. The molecule has 0 bridgehead atoms. The van der Waals surface area contributed by atoms with E-state index in [-0.39, 0.29) is 18.6 Å². The van der Waals surface area contributed by atoms with E-state index in [0.717, 1.165) is 17.0 Å². The van der Waals surface area contributed by atoms with Crippen LogP contribution in [0.1, 0.15) is 29.8 Å². The highest BCUT2D eigenvalue weighted by Gasteiger charge is 2.22. The number of aromatic nitrogens is 2. The normalized spacial score (nSPS) is 14.0. The molecule has 3 rings (SSSR count). The zero-order chi connectivity index (χ0) is 15.0. The number of nitrogens with zero attached hydrogens (tertiary/aromatic N) is 1. The summed E-state index contributed by atoms with van der Waals surface area (Å²) < 4.78 is 10.6. The molecule has 2 N–H and O–H groups in total. The van der Waals surface area contributed by atoms with Gasteiger partial charge in [0.15, 0.2) is 11.5 Å². The van der Waals surface area contributed by atoms with E-state index in [1.807, 2.05) is 20.8 Å². The van der Waals surface area contributed by atoms with Gasteiger partial charge in [0.2, 0.25) is 12.7 Å². The summed E-state index contributed by atoms with van der Waals surface area (Å²) in [6.45, 7) is 5.90. The second-order valence-corrected chi connectivity index (χ2v) is 5.13. The zero-order valence-corrected chi connectivity index (χ0v) is 12.2. The summed E-state index contributed by atoms with van der Waals surface area (Å²) >= 11 is 0. The highest BCUT2D eigenvalue weighted by atomic mass is 16.7. The number of H-pyrrole nitrogens is 1. The van der Waals surface area contributed by atoms with Gasteiger partial charge in [-0.1, -0.05) is 0 Å². The van der Waals surface area contributed by atoms with Gasteiger partial charge in [0, 0.05) is 23.0 Å². The first kappa shape index (κ1) is 13.5. The SMILES string of the molecule is Cc1n[nH]c(C)c1[C@@H](C)C(=O)Nc1ccc2c(c1)OCO2. The lowest BCUT2D eigenvalue weighted by atomic mass is 9.98. The van der Waals surface area contributed by atoms with Gasteiger partial charge < -0.3 is 14.8 Å². The zero-order valence-electron chi connectivity index (χ0n) is 12.2. The average molecular weight is 287 g/mol. The number of nitrogens with one attached hydrogen (secondary N) is 2. The van der Waals surface area contributed by atoms with E-state index < -0.39 is 0 Å². The number of carbonyl (C=O) groups is 1. The second-order valence-electron chi connectivity index (χ2n) is 5.13. The molecule has 0 radical (unpaired) electrons. The summed E-state index contributed by atoms with van der Waals surface area (Å²) in [4.78, 5) is 12.4. The van der Waals surface area contributed by atoms with E-state index in [4.69, 9.17) is 9.47 Å². The number of hydrogen-bond acceptors (Lipinski definition) is 4. The number of ether oxygens (including phenoxy) is 2. The van der Waals surface area contributed by atoms with Crippen molar-refractivity contribution in [3.63, 3.8) is 0 Å². The Balaban J connectivity index is 1.77. The fourth-order valence-electron chi connectivity index (χ4n) is 2.55. The van der Waals surface area contributed by atoms with Gasteiger partial charge in [-0.05, 0) is 32.9 Å². The third-order valence-corrected chi connectivity index (χ3v) is 3.65. The van der Waals surface area contributed by atoms with Crippen molar-refractivity contribution in [1.82, 2.24) is 10.2 Å². The molecule has 0 fully saturated rings. The van der Waals surface area contributed by atoms with Crippen LogP contribution in [0, 0.1) is 13.8 Å². The molecule has 21 heavy (non-hydrogen) atoms. The van der Waals surface area contributed by atoms with Crippen molar-refractivity contribution in [2.24, 2.45) is 0 Å². The molecule has 0 aliphatic carbocycles. The van der Waals surface area contributed by atoms with Crippen LogP contribution < -0.4 is 14.8 Å². The quantitative estimate of drug-likeness (QED) is 0.909. The molecule has 2 aromatic rings. The van der Waals surface area contributed by atoms with Crippen molar-refractivity contribution >= 4 is 11.6 Å². The van der Waals surface area contributed by atoms with Crippen molar-refractivity contribution < 1.29 is 14.3 Å². The van der Waals surface area contributed by atoms with Gasteiger partial charge in [-0.25, -0.2) is 0 Å². The van der Waals surface area contributed by atoms with E-state index in [1.54, 1.807) is 18.2 Å². The third-order valence-electron chi connectivity index (χ3n) is 3.65. The number of amides is 1. The van der Waals surface area contributed by atoms with Crippen LogP contribution in [0.25, 0.3) is 0 Å². The smallest absolute Gasteiger partial charge is 0.231 e. The maximum absolute atomic E-state index is 12.4. The maximum Gasteiger partial charge on any atom is 0.231 e. The largest absolute Gasteiger partial charge is 0.454 e. The number of aromatic amines is 1. The topological polar surface area (TPSA) is 76.2 Å². The number of carbonyl (C=O) groups excluding carboxylic acids is 1. The molecule has 0 saturated carbocycles. The van der Waals surface area contributed by atoms with Crippen LogP contribution >= 0.6 is 0 Å². The molecule has 1 aliphatic heterocycles. The molecule has 1 aliphatic rings. The molecule has 1 aromatic carbocycles. The van der Waals surface area contributed by atoms with Crippen molar-refractivity contribution in [3.05, 3.63) is 35.2 Å². The Morgan fingerprint density at radius 3 is 2.81 bits per heavy atom. The third kappa shape index (κ3) is 2.44. The van der Waals surface area contributed by atoms with Crippen molar-refractivity contribution in [3.8, 4) is 11.5 Å². The maximum atomic E-state index is 12.4. The molecule has 0 spiro atoms. The Morgan fingerprint density at radius 2 is 2.10 bits per heavy atom. The molecule has 6 nitrogen and oxygen atoms in total. The van der Waals surface area contributed by atoms with Crippen molar-refractivity contribution in [2.45, 2.75) is 26.7 Å². The van der Waals surface area contributed by atoms with Crippen LogP contribution in [0.15, 0.2) is 18.2 Å². The lowest BCUT2D eigenvalue weighted by Gasteiger charge is -2.13. The summed E-state index contributed by atoms with van der Waals surface area (Å²) in [5.41, 5.74) is 3.39. The van der Waals surface area contributed by atoms with Crippen LogP contribution in [-0.2, 0) is 4.79 Å². The average Bonchev–Trinajstić information content (AvgIpc) is 3.04. The highest BCUT2D eigenvalue weighted by molar-refractivity contribution is 5.96. The van der Waals surface area contributed by atoms with Gasteiger partial charge in [0.05, 0.1) is 11.6 Å². The molecule has 1 aromatic heterocycles. The van der Waals surface area contributed by atoms with E-state index in [2.05, 4.69) is 15.5 Å². The van der Waals surface area contributed by atoms with Gasteiger partial charge >= 0.3 is 0 Å². The van der Waals surface area contributed by atoms with Crippen LogP contribution in [0.4, 0.5) is 5.69 Å². The second kappa shape index (κ2) is 5.12. The first-order chi connectivity index (χ1) is 10.1. The van der Waals surface area contributed by atoms with Crippen LogP contribution in [-0.4, -0.2) is 22.9 Å². The number of hydrogen-bond donors (Lipinski definition) is 2. The van der Waals surface area contributed by atoms with Gasteiger partial charge in [-0.3, -0.25) is 9.89 Å². The standard InChI is InChI=1S/C15H17N3O3/c1-8(14-9(2)17-18-10(14)3)15(19)16-11-4-5-12-13(6-11)21-7-20-12/h4-6,8H,7H2,1-3H3,(H,16,19)(H,17,18)/t8-/m1/s1. The minimum absolute atomic E-state index is 0.0820. The Bertz CT molecular complexity index is 674. The minimum atomic E-state index is -0.283. The summed E-state index contributed by atoms with van der Waals surface area (Å²) in [5.74, 6) is 0.981. The molecular formula is C15H17N3O3. The predicted molar refractivity (Wildman–Crippen MR) is 77.7 cm³/mol. The number of fused-ring (bicyclic) bond motifs is 1. The molecular weight excluding hydrogens is 270 g/mol. The minimum Gasteiger partial charge on any atom is -0.454 e. The predicted octanol–water partition coefficient (Wildman–Crippen LogP) is 2.50. The van der Waals surface area contributed by atoms with E-state index in [0.29, 0.717) is 17.2 Å². The molecule has 1 atom stereocenters. The molecule has 0 saturated heterocycles. The monoisotopic (exact) mass is 287 g/mol. The Labute approximate surface area is 122 Å². The van der Waals surface area contributed by atoms with Gasteiger partial charge in [-0.15, -0.1) is 0 Å². The Hall–Kier alpha value is -2.50. The van der Waals surface area contributed by atoms with Gasteiger partial charge in [0.25, 0.3) is 0 Å². The molecule has 0 unspecified atom stereocenters. The van der Waals surface area contributed by atoms with E-state index in [9.17, 15) is 4.79 Å². The first-order valence-electron chi connectivity index (χ1n) is 6.78. The highest BCUT2D eigenvalue weighted by Crippen LogP contribution is 2.34. The van der Waals surface area contributed by atoms with Crippen LogP contribution in [0.3, 0.4) is 0 Å². The lowest BCUT2D eigenvalue weighted by molar-refractivity contribution is -0.117. The lowest BCUT2D eigenvalue weighted by Crippen LogP contribution is -2.19. The molecule has 110 valence electrons. The molecule has 2 heterocycles. The molecule has 6 heteroatoms. The van der Waals surface area contributed by atoms with Crippen molar-refractivity contribution in [2.75, 3.05) is 12.1 Å². The summed E-state index contributed by atoms with van der Waals surface area (Å²) in [7, 11) is 0. The summed E-state index contributed by atoms with van der Waals surface area (Å²) in [6.07, 6.45) is 0. The number of anilines is 1. The summed E-state index contributed by atoms with van der Waals surface area (Å²) in [5, 5.41) is 9.93. The summed E-state index contributed by atoms with van der Waals surface area (Å²) in [6, 6.07) is 5.35. The van der Waals surface area contributed by atoms with Crippen LogP contribution in [0.2, 0.25) is 0 Å². The van der Waals surface area contributed by atoms with E-state index >= 15 is 0 Å². The Kier molecular flexibility index (Phi) is 3.29. The molecule has 1 amide bonds. The Morgan fingerprint density at radius 1 is 1.33 bits per heavy atom. The van der Waals surface area contributed by atoms with E-state index in [1.165, 1.54) is 0 Å².